The van der Waals surface area contributed by atoms with Gasteiger partial charge < -0.3 is 15.4 Å². The summed E-state index contributed by atoms with van der Waals surface area (Å²) in [6.45, 7) is 5.50. The number of benzene rings is 1. The molecule has 3 N–H and O–H groups in total. The number of ether oxygens (including phenoxy) is 1. The zero-order chi connectivity index (χ0) is 24.3. The summed E-state index contributed by atoms with van der Waals surface area (Å²) in [6.07, 6.45) is 1.39. The molecule has 8 nitrogen and oxygen atoms in total. The van der Waals surface area contributed by atoms with Gasteiger partial charge in [0.05, 0.1) is 21.5 Å². The Hall–Kier alpha value is -2.16. The molecule has 1 aromatic rings. The Morgan fingerprint density at radius 2 is 1.82 bits per heavy atom. The molecular formula is C23H29Cl2N3O5. The molecule has 1 saturated heterocycles. The van der Waals surface area contributed by atoms with Crippen LogP contribution in [-0.2, 0) is 19.1 Å². The van der Waals surface area contributed by atoms with Crippen LogP contribution >= 0.6 is 23.2 Å². The summed E-state index contributed by atoms with van der Waals surface area (Å²) < 4.78 is 5.69. The van der Waals surface area contributed by atoms with Gasteiger partial charge >= 0.3 is 5.97 Å². The Balaban J connectivity index is 1.68. The Bertz CT molecular complexity index is 943. The quantitative estimate of drug-likeness (QED) is 0.520. The van der Waals surface area contributed by atoms with E-state index < -0.39 is 29.4 Å². The van der Waals surface area contributed by atoms with Crippen molar-refractivity contribution >= 4 is 46.9 Å². The number of amides is 3. The Morgan fingerprint density at radius 1 is 1.12 bits per heavy atom. The van der Waals surface area contributed by atoms with Crippen molar-refractivity contribution in [2.45, 2.75) is 64.6 Å². The van der Waals surface area contributed by atoms with E-state index in [-0.39, 0.29) is 41.8 Å². The number of carbonyl (C=O) groups excluding carboxylic acids is 4. The van der Waals surface area contributed by atoms with Crippen LogP contribution < -0.4 is 16.0 Å². The van der Waals surface area contributed by atoms with E-state index in [0.717, 1.165) is 12.8 Å². The molecule has 1 aromatic carbocycles. The standard InChI is InChI=1S/C23H29Cl2N3O5/c1-23(2,3)22(32)33-18-11-26-14(10-19(29)28-20(30)12-4-5-12)9-17(18)27-21(31)13-6-7-15(24)16(25)8-13/h6-8,12,14,17-18,26H,4-5,9-11H2,1-3H3,(H,27,31)(H,28,29,30)/t14?,17-,18-/m0/s1. The number of piperidine rings is 1. The van der Waals surface area contributed by atoms with Crippen molar-refractivity contribution in [3.8, 4) is 0 Å². The second-order valence-electron chi connectivity index (χ2n) is 9.63. The molecule has 2 aliphatic rings. The van der Waals surface area contributed by atoms with Crippen LogP contribution in [0.2, 0.25) is 10.0 Å². The molecule has 2 fully saturated rings. The molecule has 0 bridgehead atoms. The van der Waals surface area contributed by atoms with E-state index in [2.05, 4.69) is 16.0 Å². The van der Waals surface area contributed by atoms with E-state index in [4.69, 9.17) is 27.9 Å². The molecule has 1 unspecified atom stereocenters. The number of hydrogen-bond acceptors (Lipinski definition) is 6. The summed E-state index contributed by atoms with van der Waals surface area (Å²) in [5.74, 6) is -1.47. The molecule has 1 saturated carbocycles. The Morgan fingerprint density at radius 3 is 2.42 bits per heavy atom. The molecule has 0 spiro atoms. The minimum absolute atomic E-state index is 0.0623. The van der Waals surface area contributed by atoms with Crippen molar-refractivity contribution in [2.75, 3.05) is 6.54 Å². The highest BCUT2D eigenvalue weighted by Gasteiger charge is 2.38. The molecule has 0 aromatic heterocycles. The summed E-state index contributed by atoms with van der Waals surface area (Å²) in [5.41, 5.74) is -0.397. The van der Waals surface area contributed by atoms with E-state index in [0.29, 0.717) is 17.0 Å². The Labute approximate surface area is 203 Å². The van der Waals surface area contributed by atoms with Crippen LogP contribution in [0, 0.1) is 11.3 Å². The first-order valence-corrected chi connectivity index (χ1v) is 11.7. The molecule has 10 heteroatoms. The van der Waals surface area contributed by atoms with Gasteiger partial charge in [-0.3, -0.25) is 24.5 Å². The number of carbonyl (C=O) groups is 4. The lowest BCUT2D eigenvalue weighted by atomic mass is 9.93. The van der Waals surface area contributed by atoms with Gasteiger partial charge in [0.15, 0.2) is 0 Å². The van der Waals surface area contributed by atoms with Gasteiger partial charge in [0.2, 0.25) is 11.8 Å². The lowest BCUT2D eigenvalue weighted by molar-refractivity contribution is -0.161. The molecule has 3 amide bonds. The van der Waals surface area contributed by atoms with E-state index in [9.17, 15) is 19.2 Å². The minimum atomic E-state index is -0.710. The highest BCUT2D eigenvalue weighted by molar-refractivity contribution is 6.42. The third-order valence-corrected chi connectivity index (χ3v) is 6.35. The normalized spacial score (nSPS) is 22.9. The van der Waals surface area contributed by atoms with Gasteiger partial charge in [-0.25, -0.2) is 0 Å². The number of halogens is 2. The zero-order valence-electron chi connectivity index (χ0n) is 18.9. The summed E-state index contributed by atoms with van der Waals surface area (Å²) in [4.78, 5) is 49.5. The van der Waals surface area contributed by atoms with Gasteiger partial charge in [-0.1, -0.05) is 23.2 Å². The first-order chi connectivity index (χ1) is 15.4. The fraction of sp³-hybridized carbons (Fsp3) is 0.565. The van der Waals surface area contributed by atoms with Gasteiger partial charge in [0.25, 0.3) is 5.91 Å². The van der Waals surface area contributed by atoms with Crippen LogP contribution in [0.15, 0.2) is 18.2 Å². The van der Waals surface area contributed by atoms with Gasteiger partial charge in [0.1, 0.15) is 6.10 Å². The lowest BCUT2D eigenvalue weighted by Gasteiger charge is -2.37. The third-order valence-electron chi connectivity index (χ3n) is 5.61. The molecule has 1 aliphatic heterocycles. The number of imide groups is 1. The van der Waals surface area contributed by atoms with Crippen molar-refractivity contribution in [3.05, 3.63) is 33.8 Å². The molecule has 1 aliphatic carbocycles. The van der Waals surface area contributed by atoms with E-state index in [1.807, 2.05) is 0 Å². The maximum Gasteiger partial charge on any atom is 0.311 e. The monoisotopic (exact) mass is 497 g/mol. The highest BCUT2D eigenvalue weighted by atomic mass is 35.5. The lowest BCUT2D eigenvalue weighted by Crippen LogP contribution is -2.59. The van der Waals surface area contributed by atoms with Crippen molar-refractivity contribution in [1.82, 2.24) is 16.0 Å². The minimum Gasteiger partial charge on any atom is -0.458 e. The number of hydrogen-bond donors (Lipinski definition) is 3. The van der Waals surface area contributed by atoms with Gasteiger partial charge in [-0.15, -0.1) is 0 Å². The predicted molar refractivity (Wildman–Crippen MR) is 124 cm³/mol. The van der Waals surface area contributed by atoms with Crippen LogP contribution in [0.3, 0.4) is 0 Å². The molecule has 3 rings (SSSR count). The molecule has 1 heterocycles. The maximum absolute atomic E-state index is 12.9. The smallest absolute Gasteiger partial charge is 0.311 e. The average molecular weight is 498 g/mol. The zero-order valence-corrected chi connectivity index (χ0v) is 20.4. The van der Waals surface area contributed by atoms with E-state index >= 15 is 0 Å². The first-order valence-electron chi connectivity index (χ1n) is 11.0. The summed E-state index contributed by atoms with van der Waals surface area (Å²) >= 11 is 12.0. The van der Waals surface area contributed by atoms with Crippen molar-refractivity contribution in [1.29, 1.82) is 0 Å². The number of rotatable bonds is 6. The van der Waals surface area contributed by atoms with Crippen LogP contribution in [0.5, 0.6) is 0 Å². The Kier molecular flexibility index (Phi) is 8.03. The first kappa shape index (κ1) is 25.5. The third kappa shape index (κ3) is 7.16. The van der Waals surface area contributed by atoms with Crippen molar-refractivity contribution < 1.29 is 23.9 Å². The topological polar surface area (TPSA) is 114 Å². The molecular weight excluding hydrogens is 469 g/mol. The fourth-order valence-corrected chi connectivity index (χ4v) is 3.76. The molecule has 0 radical (unpaired) electrons. The molecule has 180 valence electrons. The van der Waals surface area contributed by atoms with Crippen molar-refractivity contribution in [3.63, 3.8) is 0 Å². The second kappa shape index (κ2) is 10.4. The van der Waals surface area contributed by atoms with E-state index in [1.54, 1.807) is 26.8 Å². The molecule has 3 atom stereocenters. The molecule has 33 heavy (non-hydrogen) atoms. The summed E-state index contributed by atoms with van der Waals surface area (Å²) in [7, 11) is 0. The van der Waals surface area contributed by atoms with Crippen molar-refractivity contribution in [2.24, 2.45) is 11.3 Å². The largest absolute Gasteiger partial charge is 0.458 e. The van der Waals surface area contributed by atoms with Crippen LogP contribution in [0.25, 0.3) is 0 Å². The van der Waals surface area contributed by atoms with E-state index in [1.165, 1.54) is 12.1 Å². The van der Waals surface area contributed by atoms with Crippen LogP contribution in [0.4, 0.5) is 0 Å². The number of nitrogens with one attached hydrogen (secondary N) is 3. The average Bonchev–Trinajstić information content (AvgIpc) is 3.56. The summed E-state index contributed by atoms with van der Waals surface area (Å²) in [6, 6.07) is 3.69. The number of esters is 1. The van der Waals surface area contributed by atoms with Gasteiger partial charge in [-0.05, 0) is 58.2 Å². The fourth-order valence-electron chi connectivity index (χ4n) is 3.46. The van der Waals surface area contributed by atoms with Crippen LogP contribution in [-0.4, -0.2) is 48.4 Å². The highest BCUT2D eigenvalue weighted by Crippen LogP contribution is 2.29. The van der Waals surface area contributed by atoms with Gasteiger partial charge in [0, 0.05) is 30.5 Å². The predicted octanol–water partition coefficient (Wildman–Crippen LogP) is 2.85. The SMILES string of the molecule is CC(C)(C)C(=O)O[C@H]1CNC(CC(=O)NC(=O)C2CC2)C[C@@H]1NC(=O)c1ccc(Cl)c(Cl)c1. The summed E-state index contributed by atoms with van der Waals surface area (Å²) in [5, 5.41) is 9.11. The van der Waals surface area contributed by atoms with Crippen LogP contribution in [0.1, 0.15) is 56.8 Å². The maximum atomic E-state index is 12.9. The van der Waals surface area contributed by atoms with Gasteiger partial charge in [-0.2, -0.15) is 0 Å². The second-order valence-corrected chi connectivity index (χ2v) is 10.4.